The lowest BCUT2D eigenvalue weighted by Gasteiger charge is -2.12. The highest BCUT2D eigenvalue weighted by atomic mass is 16.2. The van der Waals surface area contributed by atoms with Crippen LogP contribution in [-0.2, 0) is 9.59 Å². The zero-order valence-corrected chi connectivity index (χ0v) is 8.04. The van der Waals surface area contributed by atoms with E-state index in [2.05, 4.69) is 10.6 Å². The summed E-state index contributed by atoms with van der Waals surface area (Å²) in [6.07, 6.45) is 1.15. The van der Waals surface area contributed by atoms with Crippen LogP contribution in [-0.4, -0.2) is 24.4 Å². The Balaban J connectivity index is 2.44. The van der Waals surface area contributed by atoms with Gasteiger partial charge in [0, 0.05) is 19.4 Å². The molecule has 0 unspecified atom stereocenters. The number of carbonyl (C=O) groups is 2. The van der Waals surface area contributed by atoms with Crippen LogP contribution in [0.15, 0.2) is 0 Å². The van der Waals surface area contributed by atoms with Crippen molar-refractivity contribution >= 4 is 11.8 Å². The van der Waals surface area contributed by atoms with E-state index in [1.807, 2.05) is 6.07 Å². The number of carbonyl (C=O) groups excluding carboxylic acids is 2. The maximum Gasteiger partial charge on any atom is 0.223 e. The Morgan fingerprint density at radius 3 is 3.00 bits per heavy atom. The van der Waals surface area contributed by atoms with E-state index >= 15 is 0 Å². The van der Waals surface area contributed by atoms with Crippen molar-refractivity contribution < 1.29 is 9.59 Å². The molecule has 2 atom stereocenters. The van der Waals surface area contributed by atoms with Crippen molar-refractivity contribution in [1.29, 1.82) is 5.26 Å². The minimum atomic E-state index is -0.554. The molecule has 1 heterocycles. The Morgan fingerprint density at radius 2 is 2.57 bits per heavy atom. The minimum Gasteiger partial charge on any atom is -0.356 e. The Bertz CT molecular complexity index is 282. The van der Waals surface area contributed by atoms with Crippen LogP contribution in [0.3, 0.4) is 0 Å². The fourth-order valence-corrected chi connectivity index (χ4v) is 1.54. The van der Waals surface area contributed by atoms with Gasteiger partial charge < -0.3 is 10.6 Å². The van der Waals surface area contributed by atoms with E-state index in [-0.39, 0.29) is 17.7 Å². The third kappa shape index (κ3) is 2.73. The number of hydrogen-bond acceptors (Lipinski definition) is 3. The second kappa shape index (κ2) is 4.61. The van der Waals surface area contributed by atoms with Crippen LogP contribution in [0, 0.1) is 17.2 Å². The number of nitrogens with zero attached hydrogens (tertiary/aromatic N) is 1. The Labute approximate surface area is 82.5 Å². The molecule has 0 aromatic rings. The van der Waals surface area contributed by atoms with Crippen molar-refractivity contribution in [1.82, 2.24) is 10.6 Å². The maximum absolute atomic E-state index is 11.2. The Hall–Kier alpha value is -1.57. The molecule has 2 N–H and O–H groups in total. The highest BCUT2D eigenvalue weighted by Gasteiger charge is 2.27. The monoisotopic (exact) mass is 195 g/mol. The van der Waals surface area contributed by atoms with Gasteiger partial charge >= 0.3 is 0 Å². The molecule has 0 radical (unpaired) electrons. The molecule has 1 saturated heterocycles. The first kappa shape index (κ1) is 10.5. The van der Waals surface area contributed by atoms with Crippen molar-refractivity contribution in [2.45, 2.75) is 25.8 Å². The normalized spacial score (nSPS) is 22.3. The van der Waals surface area contributed by atoms with Gasteiger partial charge in [0.25, 0.3) is 0 Å². The minimum absolute atomic E-state index is 0.0180. The lowest BCUT2D eigenvalue weighted by molar-refractivity contribution is -0.123. The van der Waals surface area contributed by atoms with Gasteiger partial charge in [-0.2, -0.15) is 5.26 Å². The van der Waals surface area contributed by atoms with Gasteiger partial charge in [0.05, 0.1) is 6.07 Å². The van der Waals surface area contributed by atoms with E-state index in [4.69, 9.17) is 5.26 Å². The average Bonchev–Trinajstić information content (AvgIpc) is 2.50. The fourth-order valence-electron chi connectivity index (χ4n) is 1.54. The zero-order valence-electron chi connectivity index (χ0n) is 8.04. The molecule has 5 nitrogen and oxygen atoms in total. The summed E-state index contributed by atoms with van der Waals surface area (Å²) in [5.74, 6) is -0.392. The number of amides is 2. The third-order valence-electron chi connectivity index (χ3n) is 2.22. The van der Waals surface area contributed by atoms with Gasteiger partial charge in [0.15, 0.2) is 0 Å². The van der Waals surface area contributed by atoms with Gasteiger partial charge in [-0.05, 0) is 12.8 Å². The molecule has 14 heavy (non-hydrogen) atoms. The van der Waals surface area contributed by atoms with Crippen molar-refractivity contribution in [3.63, 3.8) is 0 Å². The van der Waals surface area contributed by atoms with Gasteiger partial charge in [0.1, 0.15) is 6.04 Å². The van der Waals surface area contributed by atoms with Gasteiger partial charge in [-0.1, -0.05) is 0 Å². The summed E-state index contributed by atoms with van der Waals surface area (Å²) in [6.45, 7) is 2.03. The highest BCUT2D eigenvalue weighted by molar-refractivity contribution is 5.80. The van der Waals surface area contributed by atoms with Crippen molar-refractivity contribution in [3.8, 4) is 6.07 Å². The molecule has 0 aliphatic carbocycles. The lowest BCUT2D eigenvalue weighted by Crippen LogP contribution is -2.35. The van der Waals surface area contributed by atoms with Crippen molar-refractivity contribution in [2.75, 3.05) is 6.54 Å². The molecule has 1 rings (SSSR count). The molecule has 0 saturated carbocycles. The van der Waals surface area contributed by atoms with E-state index in [0.717, 1.165) is 6.42 Å². The van der Waals surface area contributed by atoms with E-state index < -0.39 is 6.04 Å². The molecular formula is C9H13N3O2. The fraction of sp³-hybridized carbons (Fsp3) is 0.667. The second-order valence-electron chi connectivity index (χ2n) is 3.39. The first-order valence-corrected chi connectivity index (χ1v) is 4.58. The summed E-state index contributed by atoms with van der Waals surface area (Å²) >= 11 is 0. The molecule has 0 spiro atoms. The average molecular weight is 195 g/mol. The van der Waals surface area contributed by atoms with E-state index in [9.17, 15) is 9.59 Å². The number of rotatable bonds is 3. The molecule has 2 amide bonds. The summed E-state index contributed by atoms with van der Waals surface area (Å²) in [5.41, 5.74) is 0. The highest BCUT2D eigenvalue weighted by Crippen LogP contribution is 2.15. The first-order valence-electron chi connectivity index (χ1n) is 4.58. The van der Waals surface area contributed by atoms with E-state index in [1.165, 1.54) is 6.92 Å². The molecular weight excluding hydrogens is 182 g/mol. The summed E-state index contributed by atoms with van der Waals surface area (Å²) in [5, 5.41) is 13.9. The zero-order chi connectivity index (χ0) is 10.6. The summed E-state index contributed by atoms with van der Waals surface area (Å²) in [4.78, 5) is 21.9. The third-order valence-corrected chi connectivity index (χ3v) is 2.22. The maximum atomic E-state index is 11.2. The van der Waals surface area contributed by atoms with Crippen LogP contribution in [0.2, 0.25) is 0 Å². The molecule has 1 aliphatic heterocycles. The molecule has 0 aromatic heterocycles. The van der Waals surface area contributed by atoms with Crippen molar-refractivity contribution in [3.05, 3.63) is 0 Å². The van der Waals surface area contributed by atoms with Crippen LogP contribution in [0.4, 0.5) is 0 Å². The predicted molar refractivity (Wildman–Crippen MR) is 49.0 cm³/mol. The number of nitriles is 1. The standard InChI is InChI=1S/C9H13N3O2/c1-6(13)12-8(5-10)4-7-2-3-11-9(7)14/h7-8H,2-4H2,1H3,(H,11,14)(H,12,13)/t7-,8-/m0/s1. The second-order valence-corrected chi connectivity index (χ2v) is 3.39. The Morgan fingerprint density at radius 1 is 1.86 bits per heavy atom. The summed E-state index contributed by atoms with van der Waals surface area (Å²) in [6, 6.07) is 1.41. The first-order chi connectivity index (χ1) is 6.63. The van der Waals surface area contributed by atoms with Gasteiger partial charge in [0.2, 0.25) is 11.8 Å². The largest absolute Gasteiger partial charge is 0.356 e. The van der Waals surface area contributed by atoms with E-state index in [0.29, 0.717) is 13.0 Å². The number of hydrogen-bond donors (Lipinski definition) is 2. The quantitative estimate of drug-likeness (QED) is 0.639. The molecule has 1 fully saturated rings. The van der Waals surface area contributed by atoms with Crippen molar-refractivity contribution in [2.24, 2.45) is 5.92 Å². The molecule has 1 aliphatic rings. The molecule has 0 bridgehead atoms. The predicted octanol–water partition coefficient (Wildman–Crippen LogP) is -0.459. The molecule has 76 valence electrons. The molecule has 5 heteroatoms. The summed E-state index contributed by atoms with van der Waals surface area (Å²) < 4.78 is 0. The summed E-state index contributed by atoms with van der Waals surface area (Å²) in [7, 11) is 0. The SMILES string of the molecule is CC(=O)N[C@H](C#N)C[C@@H]1CCNC1=O. The molecule has 0 aromatic carbocycles. The lowest BCUT2D eigenvalue weighted by atomic mass is 9.99. The van der Waals surface area contributed by atoms with Gasteiger partial charge in [-0.3, -0.25) is 9.59 Å². The Kier molecular flexibility index (Phi) is 3.46. The smallest absolute Gasteiger partial charge is 0.223 e. The van der Waals surface area contributed by atoms with Gasteiger partial charge in [-0.15, -0.1) is 0 Å². The van der Waals surface area contributed by atoms with Crippen LogP contribution in [0.5, 0.6) is 0 Å². The number of nitrogens with one attached hydrogen (secondary N) is 2. The van der Waals surface area contributed by atoms with Crippen LogP contribution >= 0.6 is 0 Å². The topological polar surface area (TPSA) is 82.0 Å². The van der Waals surface area contributed by atoms with Gasteiger partial charge in [-0.25, -0.2) is 0 Å². The van der Waals surface area contributed by atoms with Crippen LogP contribution < -0.4 is 10.6 Å². The van der Waals surface area contributed by atoms with Crippen LogP contribution in [0.25, 0.3) is 0 Å². The van der Waals surface area contributed by atoms with E-state index in [1.54, 1.807) is 0 Å². The van der Waals surface area contributed by atoms with Crippen LogP contribution in [0.1, 0.15) is 19.8 Å².